The highest BCUT2D eigenvalue weighted by molar-refractivity contribution is 5.59. The molecule has 0 aliphatic rings. The lowest BCUT2D eigenvalue weighted by molar-refractivity contribution is 0.404. The van der Waals surface area contributed by atoms with Gasteiger partial charge < -0.3 is 32.1 Å². The summed E-state index contributed by atoms with van der Waals surface area (Å²) >= 11 is 0. The van der Waals surface area contributed by atoms with Crippen LogP contribution in [0, 0.1) is 0 Å². The molecule has 118 valence electrons. The first-order valence-corrected chi connectivity index (χ1v) is 6.96. The molecule has 0 aliphatic heterocycles. The lowest BCUT2D eigenvalue weighted by atomic mass is 9.97. The predicted molar refractivity (Wildman–Crippen MR) is 86.9 cm³/mol. The van der Waals surface area contributed by atoms with Gasteiger partial charge >= 0.3 is 0 Å². The highest BCUT2D eigenvalue weighted by Gasteiger charge is 2.16. The smallest absolute Gasteiger partial charge is 0.159 e. The van der Waals surface area contributed by atoms with Gasteiger partial charge in [0.1, 0.15) is 11.9 Å². The van der Waals surface area contributed by atoms with Crippen LogP contribution in [-0.2, 0) is 0 Å². The van der Waals surface area contributed by atoms with E-state index in [4.69, 9.17) is 11.5 Å². The number of nitrogen functional groups attached to an aromatic ring is 1. The summed E-state index contributed by atoms with van der Waals surface area (Å²) in [6, 6.07) is 7.54. The van der Waals surface area contributed by atoms with Crippen molar-refractivity contribution in [1.82, 2.24) is 0 Å². The summed E-state index contributed by atoms with van der Waals surface area (Å²) < 4.78 is 0. The third-order valence-electron chi connectivity index (χ3n) is 3.49. The maximum Gasteiger partial charge on any atom is 0.159 e. The molecule has 0 fully saturated rings. The first-order chi connectivity index (χ1) is 10.3. The van der Waals surface area contributed by atoms with E-state index in [0.29, 0.717) is 16.9 Å². The number of benzene rings is 2. The maximum atomic E-state index is 10.1. The Kier molecular flexibility index (Phi) is 4.32. The minimum Gasteiger partial charge on any atom is -0.507 e. The van der Waals surface area contributed by atoms with Crippen LogP contribution in [0.4, 0.5) is 11.4 Å². The van der Waals surface area contributed by atoms with Crippen molar-refractivity contribution >= 4 is 11.4 Å². The number of hydrogen-bond donors (Lipinski definition) is 6. The molecule has 2 rings (SSSR count). The Labute approximate surface area is 129 Å². The molecule has 0 bridgehead atoms. The van der Waals surface area contributed by atoms with E-state index in [1.165, 1.54) is 18.2 Å². The van der Waals surface area contributed by atoms with Crippen LogP contribution in [0.25, 0.3) is 0 Å². The van der Waals surface area contributed by atoms with Gasteiger partial charge in [0.05, 0.1) is 0 Å². The van der Waals surface area contributed by atoms with Crippen LogP contribution < -0.4 is 16.8 Å². The van der Waals surface area contributed by atoms with Crippen molar-refractivity contribution < 1.29 is 15.3 Å². The van der Waals surface area contributed by atoms with E-state index in [-0.39, 0.29) is 23.2 Å². The van der Waals surface area contributed by atoms with Crippen LogP contribution in [0.2, 0.25) is 0 Å². The summed E-state index contributed by atoms with van der Waals surface area (Å²) in [5.74, 6) is -0.257. The number of phenols is 3. The van der Waals surface area contributed by atoms with Crippen LogP contribution in [0.3, 0.4) is 0 Å². The van der Waals surface area contributed by atoms with Gasteiger partial charge in [-0.3, -0.25) is 0 Å². The van der Waals surface area contributed by atoms with Crippen LogP contribution in [0.1, 0.15) is 37.1 Å². The van der Waals surface area contributed by atoms with E-state index >= 15 is 0 Å². The number of nitrogens with one attached hydrogen (secondary N) is 1. The normalized spacial score (nSPS) is 12.4. The van der Waals surface area contributed by atoms with Gasteiger partial charge in [0.2, 0.25) is 0 Å². The van der Waals surface area contributed by atoms with Gasteiger partial charge in [-0.15, -0.1) is 0 Å². The van der Waals surface area contributed by atoms with Crippen molar-refractivity contribution in [2.75, 3.05) is 11.1 Å². The molecular formula is C16H21N3O3. The molecule has 0 aromatic heterocycles. The Morgan fingerprint density at radius 2 is 1.59 bits per heavy atom. The molecule has 0 heterocycles. The fraction of sp³-hybridized carbons (Fsp3) is 0.250. The van der Waals surface area contributed by atoms with E-state index < -0.39 is 6.17 Å². The summed E-state index contributed by atoms with van der Waals surface area (Å²) in [7, 11) is 0. The molecule has 2 aromatic rings. The zero-order valence-corrected chi connectivity index (χ0v) is 12.5. The molecule has 6 nitrogen and oxygen atoms in total. The van der Waals surface area contributed by atoms with Crippen LogP contribution in [-0.4, -0.2) is 15.3 Å². The molecule has 6 heteroatoms. The number of anilines is 2. The van der Waals surface area contributed by atoms with Gasteiger partial charge in [0, 0.05) is 29.1 Å². The Bertz CT molecular complexity index is 687. The number of hydrogen-bond acceptors (Lipinski definition) is 6. The van der Waals surface area contributed by atoms with Gasteiger partial charge in [0.15, 0.2) is 11.5 Å². The van der Waals surface area contributed by atoms with E-state index in [1.807, 2.05) is 13.8 Å². The van der Waals surface area contributed by atoms with Gasteiger partial charge in [-0.05, 0) is 29.7 Å². The largest absolute Gasteiger partial charge is 0.507 e. The molecule has 22 heavy (non-hydrogen) atoms. The van der Waals surface area contributed by atoms with Crippen molar-refractivity contribution in [3.8, 4) is 17.2 Å². The molecule has 1 unspecified atom stereocenters. The molecule has 0 saturated carbocycles. The minimum absolute atomic E-state index is 0.00454. The predicted octanol–water partition coefficient (Wildman–Crippen LogP) is 2.58. The Balaban J connectivity index is 2.30. The number of rotatable bonds is 4. The topological polar surface area (TPSA) is 125 Å². The molecule has 0 amide bonds. The average molecular weight is 303 g/mol. The van der Waals surface area contributed by atoms with E-state index in [1.54, 1.807) is 12.1 Å². The minimum atomic E-state index is -0.693. The van der Waals surface area contributed by atoms with Crippen molar-refractivity contribution in [1.29, 1.82) is 0 Å². The molecular weight excluding hydrogens is 282 g/mol. The summed E-state index contributed by atoms with van der Waals surface area (Å²) in [6.07, 6.45) is -0.693. The second kappa shape index (κ2) is 6.03. The second-order valence-corrected chi connectivity index (χ2v) is 5.52. The SMILES string of the molecule is CC(C)c1cc(C(N)Nc2ccc(O)c(O)c2)c(O)cc1N. The monoisotopic (exact) mass is 303 g/mol. The number of phenolic OH excluding ortho intramolecular Hbond substituents is 3. The van der Waals surface area contributed by atoms with E-state index in [9.17, 15) is 15.3 Å². The third-order valence-corrected chi connectivity index (χ3v) is 3.49. The highest BCUT2D eigenvalue weighted by Crippen LogP contribution is 2.34. The number of aromatic hydroxyl groups is 3. The summed E-state index contributed by atoms with van der Waals surface area (Å²) in [6.45, 7) is 4.01. The quantitative estimate of drug-likeness (QED) is 0.223. The number of nitrogens with two attached hydrogens (primary N) is 2. The van der Waals surface area contributed by atoms with Crippen molar-refractivity contribution in [3.05, 3.63) is 41.5 Å². The Morgan fingerprint density at radius 1 is 0.909 bits per heavy atom. The van der Waals surface area contributed by atoms with Crippen molar-refractivity contribution in [3.63, 3.8) is 0 Å². The lowest BCUT2D eigenvalue weighted by Gasteiger charge is -2.20. The zero-order valence-electron chi connectivity index (χ0n) is 12.5. The van der Waals surface area contributed by atoms with Crippen LogP contribution >= 0.6 is 0 Å². The molecule has 2 aromatic carbocycles. The standard InChI is InChI=1S/C16H21N3O3/c1-8(2)10-6-11(14(21)7-12(10)17)16(18)19-9-3-4-13(20)15(22)5-9/h3-8,16,19-22H,17-18H2,1-2H3. The molecule has 8 N–H and O–H groups in total. The van der Waals surface area contributed by atoms with Gasteiger partial charge in [-0.2, -0.15) is 0 Å². The summed E-state index contributed by atoms with van der Waals surface area (Å²) in [4.78, 5) is 0. The maximum absolute atomic E-state index is 10.1. The van der Waals surface area contributed by atoms with Crippen LogP contribution in [0.5, 0.6) is 17.2 Å². The molecule has 1 atom stereocenters. The fourth-order valence-corrected chi connectivity index (χ4v) is 2.26. The van der Waals surface area contributed by atoms with Gasteiger partial charge in [0.25, 0.3) is 0 Å². The van der Waals surface area contributed by atoms with Crippen LogP contribution in [0.15, 0.2) is 30.3 Å². The molecule has 0 saturated heterocycles. The molecule has 0 aliphatic carbocycles. The molecule has 0 spiro atoms. The summed E-state index contributed by atoms with van der Waals surface area (Å²) in [5, 5.41) is 31.8. The van der Waals surface area contributed by atoms with Gasteiger partial charge in [-0.25, -0.2) is 0 Å². The van der Waals surface area contributed by atoms with Crippen molar-refractivity contribution in [2.24, 2.45) is 5.73 Å². The summed E-state index contributed by atoms with van der Waals surface area (Å²) in [5.41, 5.74) is 14.4. The Hall–Kier alpha value is -2.60. The average Bonchev–Trinajstić information content (AvgIpc) is 2.42. The zero-order chi connectivity index (χ0) is 16.4. The fourth-order valence-electron chi connectivity index (χ4n) is 2.26. The van der Waals surface area contributed by atoms with Crippen molar-refractivity contribution in [2.45, 2.75) is 25.9 Å². The lowest BCUT2D eigenvalue weighted by Crippen LogP contribution is -2.20. The Morgan fingerprint density at radius 3 is 2.18 bits per heavy atom. The highest BCUT2D eigenvalue weighted by atomic mass is 16.3. The van der Waals surface area contributed by atoms with Gasteiger partial charge in [-0.1, -0.05) is 13.8 Å². The third kappa shape index (κ3) is 3.17. The molecule has 0 radical (unpaired) electrons. The first kappa shape index (κ1) is 15.8. The second-order valence-electron chi connectivity index (χ2n) is 5.52. The van der Waals surface area contributed by atoms with E-state index in [2.05, 4.69) is 5.32 Å². The van der Waals surface area contributed by atoms with E-state index in [0.717, 1.165) is 5.56 Å². The first-order valence-electron chi connectivity index (χ1n) is 6.96.